The minimum Gasteiger partial charge on any atom is -0.497 e. The minimum absolute atomic E-state index is 0.101. The lowest BCUT2D eigenvalue weighted by Crippen LogP contribution is -2.62. The topological polar surface area (TPSA) is 131 Å². The van der Waals surface area contributed by atoms with Crippen molar-refractivity contribution in [3.05, 3.63) is 65.7 Å². The maximum absolute atomic E-state index is 13.9. The minimum atomic E-state index is -1.32. The quantitative estimate of drug-likeness (QED) is 0.444. The number of likely N-dealkylation sites (tertiary alicyclic amines) is 1. The third kappa shape index (κ3) is 5.51. The van der Waals surface area contributed by atoms with Crippen molar-refractivity contribution >= 4 is 23.5 Å². The van der Waals surface area contributed by atoms with Gasteiger partial charge in [0.1, 0.15) is 22.9 Å². The van der Waals surface area contributed by atoms with E-state index < -0.39 is 35.0 Å². The van der Waals surface area contributed by atoms with Crippen LogP contribution >= 0.6 is 0 Å². The van der Waals surface area contributed by atoms with Crippen molar-refractivity contribution in [2.75, 3.05) is 13.7 Å². The molecule has 2 aliphatic rings. The first kappa shape index (κ1) is 26.3. The number of rotatable bonds is 11. The van der Waals surface area contributed by atoms with Gasteiger partial charge in [0.2, 0.25) is 17.7 Å². The van der Waals surface area contributed by atoms with E-state index in [2.05, 4.69) is 5.32 Å². The maximum atomic E-state index is 13.9. The SMILES string of the molecule is COc1ccc(C[C@@H](C(=O)N[C@@H](Cc2ccccc2)C(=O)[C@@]2(C)CO2)N2C(=O)CCC2(C)C(N)=O)cc1. The average molecular weight is 508 g/mol. The van der Waals surface area contributed by atoms with E-state index in [9.17, 15) is 19.2 Å². The number of amides is 3. The van der Waals surface area contributed by atoms with E-state index in [1.807, 2.05) is 30.3 Å². The van der Waals surface area contributed by atoms with Gasteiger partial charge in [0.25, 0.3) is 0 Å². The van der Waals surface area contributed by atoms with Crippen LogP contribution in [0, 0.1) is 0 Å². The van der Waals surface area contributed by atoms with Gasteiger partial charge < -0.3 is 25.4 Å². The Balaban J connectivity index is 1.66. The Morgan fingerprint density at radius 2 is 1.68 bits per heavy atom. The molecule has 2 saturated heterocycles. The molecule has 9 nitrogen and oxygen atoms in total. The van der Waals surface area contributed by atoms with Crippen LogP contribution in [0.3, 0.4) is 0 Å². The van der Waals surface area contributed by atoms with E-state index in [4.69, 9.17) is 15.2 Å². The zero-order valence-electron chi connectivity index (χ0n) is 21.4. The molecule has 196 valence electrons. The fraction of sp³-hybridized carbons (Fsp3) is 0.429. The molecule has 0 aromatic heterocycles. The number of hydrogen-bond acceptors (Lipinski definition) is 6. The van der Waals surface area contributed by atoms with Crippen LogP contribution < -0.4 is 15.8 Å². The molecule has 3 N–H and O–H groups in total. The zero-order valence-corrected chi connectivity index (χ0v) is 21.4. The molecule has 0 bridgehead atoms. The highest BCUT2D eigenvalue weighted by atomic mass is 16.6. The first-order valence-electron chi connectivity index (χ1n) is 12.3. The molecular weight excluding hydrogens is 474 g/mol. The van der Waals surface area contributed by atoms with Crippen molar-refractivity contribution in [1.29, 1.82) is 0 Å². The smallest absolute Gasteiger partial charge is 0.243 e. The zero-order chi connectivity index (χ0) is 26.8. The lowest BCUT2D eigenvalue weighted by Gasteiger charge is -2.38. The number of epoxide rings is 1. The van der Waals surface area contributed by atoms with Crippen LogP contribution in [0.1, 0.15) is 37.8 Å². The second-order valence-electron chi connectivity index (χ2n) is 10.1. The van der Waals surface area contributed by atoms with Crippen LogP contribution in [0.5, 0.6) is 5.75 Å². The van der Waals surface area contributed by atoms with E-state index in [-0.39, 0.29) is 44.0 Å². The number of nitrogens with zero attached hydrogens (tertiary/aromatic N) is 1. The molecule has 0 radical (unpaired) electrons. The van der Waals surface area contributed by atoms with Gasteiger partial charge in [-0.2, -0.15) is 0 Å². The summed E-state index contributed by atoms with van der Waals surface area (Å²) >= 11 is 0. The fourth-order valence-corrected chi connectivity index (χ4v) is 4.86. The Hall–Kier alpha value is -3.72. The largest absolute Gasteiger partial charge is 0.497 e. The van der Waals surface area contributed by atoms with Crippen LogP contribution in [-0.4, -0.2) is 65.3 Å². The summed E-state index contributed by atoms with van der Waals surface area (Å²) in [6.45, 7) is 3.56. The van der Waals surface area contributed by atoms with Crippen molar-refractivity contribution < 1.29 is 28.7 Å². The molecule has 2 aliphatic heterocycles. The van der Waals surface area contributed by atoms with Crippen LogP contribution in [0.2, 0.25) is 0 Å². The van der Waals surface area contributed by atoms with E-state index >= 15 is 0 Å². The van der Waals surface area contributed by atoms with Crippen LogP contribution in [-0.2, 0) is 36.8 Å². The van der Waals surface area contributed by atoms with Crippen molar-refractivity contribution in [2.24, 2.45) is 5.73 Å². The number of benzene rings is 2. The number of carbonyl (C=O) groups is 4. The Morgan fingerprint density at radius 3 is 2.24 bits per heavy atom. The third-order valence-corrected chi connectivity index (χ3v) is 7.37. The summed E-state index contributed by atoms with van der Waals surface area (Å²) in [5, 5.41) is 2.89. The van der Waals surface area contributed by atoms with Crippen LogP contribution in [0.25, 0.3) is 0 Å². The first-order chi connectivity index (χ1) is 17.6. The molecule has 2 heterocycles. The van der Waals surface area contributed by atoms with Gasteiger partial charge in [-0.05, 0) is 49.9 Å². The highest BCUT2D eigenvalue weighted by molar-refractivity contribution is 6.00. The van der Waals surface area contributed by atoms with Gasteiger partial charge in [-0.15, -0.1) is 0 Å². The molecule has 9 heteroatoms. The van der Waals surface area contributed by atoms with Gasteiger partial charge in [0, 0.05) is 12.8 Å². The van der Waals surface area contributed by atoms with Gasteiger partial charge in [-0.1, -0.05) is 42.5 Å². The molecule has 0 saturated carbocycles. The summed E-state index contributed by atoms with van der Waals surface area (Å²) in [4.78, 5) is 54.0. The van der Waals surface area contributed by atoms with Crippen molar-refractivity contribution in [3.8, 4) is 5.75 Å². The number of carbonyl (C=O) groups excluding carboxylic acids is 4. The summed E-state index contributed by atoms with van der Waals surface area (Å²) in [6, 6.07) is 14.5. The number of nitrogens with one attached hydrogen (secondary N) is 1. The molecule has 0 aliphatic carbocycles. The second kappa shape index (κ2) is 10.3. The monoisotopic (exact) mass is 507 g/mol. The standard InChI is InChI=1S/C28H33N3O6/c1-27(26(29)35)14-13-23(32)31(27)22(16-19-9-11-20(36-3)12-10-19)25(34)30-21(24(33)28(2)17-37-28)15-18-7-5-4-6-8-18/h4-12,21-22H,13-17H2,1-3H3,(H2,29,35)(H,30,34)/t21-,22-,27?,28+/m0/s1. The second-order valence-corrected chi connectivity index (χ2v) is 10.1. The molecule has 37 heavy (non-hydrogen) atoms. The van der Waals surface area contributed by atoms with Crippen molar-refractivity contribution in [3.63, 3.8) is 0 Å². The highest BCUT2D eigenvalue weighted by Crippen LogP contribution is 2.34. The maximum Gasteiger partial charge on any atom is 0.243 e. The van der Waals surface area contributed by atoms with Crippen molar-refractivity contribution in [2.45, 2.75) is 62.8 Å². The highest BCUT2D eigenvalue weighted by Gasteiger charge is 2.53. The van der Waals surface area contributed by atoms with Gasteiger partial charge in [-0.3, -0.25) is 19.2 Å². The average Bonchev–Trinajstić information content (AvgIpc) is 3.57. The molecular formula is C28H33N3O6. The van der Waals surface area contributed by atoms with E-state index in [1.165, 1.54) is 4.90 Å². The molecule has 3 amide bonds. The summed E-state index contributed by atoms with van der Waals surface area (Å²) in [5.74, 6) is -1.13. The number of primary amides is 1. The van der Waals surface area contributed by atoms with Gasteiger partial charge in [0.15, 0.2) is 5.78 Å². The Kier molecular flexibility index (Phi) is 7.36. The number of ether oxygens (including phenoxy) is 2. The van der Waals surface area contributed by atoms with Crippen LogP contribution in [0.15, 0.2) is 54.6 Å². The number of methoxy groups -OCH3 is 1. The van der Waals surface area contributed by atoms with Gasteiger partial charge in [0.05, 0.1) is 19.8 Å². The summed E-state index contributed by atoms with van der Waals surface area (Å²) in [7, 11) is 1.56. The lowest BCUT2D eigenvalue weighted by molar-refractivity contribution is -0.147. The van der Waals surface area contributed by atoms with Gasteiger partial charge in [-0.25, -0.2) is 0 Å². The molecule has 2 fully saturated rings. The molecule has 4 rings (SSSR count). The number of ketones is 1. The van der Waals surface area contributed by atoms with Crippen molar-refractivity contribution in [1.82, 2.24) is 10.2 Å². The number of hydrogen-bond donors (Lipinski definition) is 2. The fourth-order valence-electron chi connectivity index (χ4n) is 4.86. The summed E-state index contributed by atoms with van der Waals surface area (Å²) in [6.07, 6.45) is 0.709. The Labute approximate surface area is 216 Å². The Bertz CT molecular complexity index is 1180. The van der Waals surface area contributed by atoms with Crippen LogP contribution in [0.4, 0.5) is 0 Å². The summed E-state index contributed by atoms with van der Waals surface area (Å²) in [5.41, 5.74) is 5.07. The van der Waals surface area contributed by atoms with E-state index in [1.54, 1.807) is 45.2 Å². The van der Waals surface area contributed by atoms with Gasteiger partial charge >= 0.3 is 0 Å². The predicted molar refractivity (Wildman–Crippen MR) is 136 cm³/mol. The first-order valence-corrected chi connectivity index (χ1v) is 12.3. The molecule has 2 aromatic rings. The van der Waals surface area contributed by atoms with E-state index in [0.717, 1.165) is 11.1 Å². The number of Topliss-reactive ketones (excluding diaryl/α,β-unsaturated/α-hetero) is 1. The van der Waals surface area contributed by atoms with E-state index in [0.29, 0.717) is 5.75 Å². The molecule has 0 spiro atoms. The normalized spacial score (nSPS) is 24.3. The lowest BCUT2D eigenvalue weighted by atomic mass is 9.92. The number of nitrogens with two attached hydrogens (primary N) is 1. The molecule has 1 unspecified atom stereocenters. The predicted octanol–water partition coefficient (Wildman–Crippen LogP) is 1.56. The Morgan fingerprint density at radius 1 is 1.05 bits per heavy atom. The molecule has 4 atom stereocenters. The third-order valence-electron chi connectivity index (χ3n) is 7.37. The summed E-state index contributed by atoms with van der Waals surface area (Å²) < 4.78 is 10.6. The molecule has 2 aromatic carbocycles.